The fraction of sp³-hybridized carbons (Fsp3) is 0.600. The third-order valence-corrected chi connectivity index (χ3v) is 0.845. The number of hydrogen-bond acceptors (Lipinski definition) is 3. The summed E-state index contributed by atoms with van der Waals surface area (Å²) in [5.74, 6) is -1.17. The smallest absolute Gasteiger partial charge is 0.303 e. The maximum atomic E-state index is 10.3. The van der Waals surface area contributed by atoms with Crippen molar-refractivity contribution in [3.8, 4) is 0 Å². The Kier molecular flexibility index (Phi) is 3.62. The molecule has 0 unspecified atom stereocenters. The fourth-order valence-corrected chi connectivity index (χ4v) is 0.348. The van der Waals surface area contributed by atoms with Crippen LogP contribution in [0.4, 0.5) is 0 Å². The molecule has 0 aliphatic carbocycles. The van der Waals surface area contributed by atoms with Crippen molar-refractivity contribution in [3.05, 3.63) is 0 Å². The number of Topliss-reactive ketones (excluding diaryl/α,β-unsaturated/α-hetero) is 1. The summed E-state index contributed by atoms with van der Waals surface area (Å²) in [4.78, 5) is 20.2. The summed E-state index contributed by atoms with van der Waals surface area (Å²) >= 11 is 0. The Bertz CT molecular complexity index is 121. The Morgan fingerprint density at radius 1 is 1.33 bits per heavy atom. The molecule has 0 aliphatic rings. The summed E-state index contributed by atoms with van der Waals surface area (Å²) in [6.45, 7) is -0.0622. The van der Waals surface area contributed by atoms with Crippen molar-refractivity contribution in [1.29, 1.82) is 0 Å². The van der Waals surface area contributed by atoms with Crippen molar-refractivity contribution < 1.29 is 14.7 Å². The number of carboxylic acids is 1. The molecule has 0 saturated heterocycles. The van der Waals surface area contributed by atoms with E-state index in [-0.39, 0.29) is 25.2 Å². The standard InChI is InChI=1S/C5H9NO3/c6-3-4(7)1-2-5(8)9/h1-3,6H2,(H,8,9)/i2+1,5+1. The molecule has 0 aromatic heterocycles. The van der Waals surface area contributed by atoms with Gasteiger partial charge in [0.2, 0.25) is 0 Å². The van der Waals surface area contributed by atoms with Crippen LogP contribution in [0.15, 0.2) is 0 Å². The monoisotopic (exact) mass is 133 g/mol. The van der Waals surface area contributed by atoms with Gasteiger partial charge in [-0.15, -0.1) is 0 Å². The topological polar surface area (TPSA) is 80.4 Å². The van der Waals surface area contributed by atoms with Crippen LogP contribution in [-0.2, 0) is 9.59 Å². The van der Waals surface area contributed by atoms with Gasteiger partial charge < -0.3 is 10.8 Å². The van der Waals surface area contributed by atoms with Crippen molar-refractivity contribution >= 4 is 11.8 Å². The van der Waals surface area contributed by atoms with E-state index >= 15 is 0 Å². The molecule has 0 fully saturated rings. The second-order valence-corrected chi connectivity index (χ2v) is 1.64. The van der Waals surface area contributed by atoms with Gasteiger partial charge in [0.25, 0.3) is 0 Å². The molecule has 52 valence electrons. The molecule has 0 atom stereocenters. The molecule has 0 spiro atoms. The Morgan fingerprint density at radius 2 is 1.89 bits per heavy atom. The lowest BCUT2D eigenvalue weighted by Crippen LogP contribution is -2.14. The Balaban J connectivity index is 3.28. The first-order chi connectivity index (χ1) is 4.16. The van der Waals surface area contributed by atoms with E-state index in [0.29, 0.717) is 0 Å². The molecule has 0 aliphatic heterocycles. The van der Waals surface area contributed by atoms with Gasteiger partial charge in [0.05, 0.1) is 13.0 Å². The average Bonchev–Trinajstić information content (AvgIpc) is 1.83. The molecular weight excluding hydrogens is 124 g/mol. The summed E-state index contributed by atoms with van der Waals surface area (Å²) in [5.41, 5.74) is 4.92. The lowest BCUT2D eigenvalue weighted by atomic mass is 10.4. The number of carbonyl (C=O) groups excluding carboxylic acids is 1. The number of aliphatic carboxylic acids is 1. The number of ketones is 1. The quantitative estimate of drug-likeness (QED) is 0.501. The van der Waals surface area contributed by atoms with Gasteiger partial charge >= 0.3 is 5.97 Å². The first-order valence-corrected chi connectivity index (χ1v) is 2.60. The van der Waals surface area contributed by atoms with Crippen LogP contribution >= 0.6 is 0 Å². The van der Waals surface area contributed by atoms with Crippen LogP contribution in [0.1, 0.15) is 12.8 Å². The Labute approximate surface area is 52.7 Å². The van der Waals surface area contributed by atoms with Crippen LogP contribution in [0.2, 0.25) is 0 Å². The van der Waals surface area contributed by atoms with E-state index in [1.807, 2.05) is 0 Å². The van der Waals surface area contributed by atoms with Gasteiger partial charge in [0, 0.05) is 6.42 Å². The first-order valence-electron chi connectivity index (χ1n) is 2.60. The normalized spacial score (nSPS) is 9.00. The minimum absolute atomic E-state index is 0.0475. The number of rotatable bonds is 4. The van der Waals surface area contributed by atoms with Crippen LogP contribution < -0.4 is 5.73 Å². The highest BCUT2D eigenvalue weighted by Crippen LogP contribution is 1.87. The third kappa shape index (κ3) is 4.96. The van der Waals surface area contributed by atoms with E-state index in [2.05, 4.69) is 0 Å². The molecule has 0 bridgehead atoms. The zero-order chi connectivity index (χ0) is 7.28. The molecule has 0 aromatic carbocycles. The van der Waals surface area contributed by atoms with Crippen molar-refractivity contribution in [2.75, 3.05) is 6.54 Å². The molecular formula is C5H9NO3. The lowest BCUT2D eigenvalue weighted by Gasteiger charge is -1.90. The number of carboxylic acid groups (broad SMARTS) is 1. The van der Waals surface area contributed by atoms with Crippen LogP contribution in [0.25, 0.3) is 0 Å². The Morgan fingerprint density at radius 3 is 2.22 bits per heavy atom. The maximum absolute atomic E-state index is 10.3. The van der Waals surface area contributed by atoms with Gasteiger partial charge in [0.15, 0.2) is 0 Å². The van der Waals surface area contributed by atoms with E-state index in [9.17, 15) is 9.59 Å². The van der Waals surface area contributed by atoms with E-state index < -0.39 is 5.97 Å². The van der Waals surface area contributed by atoms with Gasteiger partial charge in [-0.05, 0) is 0 Å². The third-order valence-electron chi connectivity index (χ3n) is 0.845. The summed E-state index contributed by atoms with van der Waals surface area (Å²) < 4.78 is 0. The predicted molar refractivity (Wildman–Crippen MR) is 30.9 cm³/mol. The molecule has 0 amide bonds. The van der Waals surface area contributed by atoms with Gasteiger partial charge in [0.1, 0.15) is 5.78 Å². The molecule has 0 radical (unpaired) electrons. The molecule has 0 saturated carbocycles. The summed E-state index contributed by atoms with van der Waals surface area (Å²) in [6, 6.07) is 0. The highest BCUT2D eigenvalue weighted by molar-refractivity contribution is 5.83. The number of carbonyl (C=O) groups is 2. The molecule has 4 nitrogen and oxygen atoms in total. The average molecular weight is 133 g/mol. The minimum Gasteiger partial charge on any atom is -0.481 e. The minimum atomic E-state index is -0.961. The number of nitrogens with two attached hydrogens (primary N) is 1. The summed E-state index contributed by atoms with van der Waals surface area (Å²) in [7, 11) is 0. The predicted octanol–water partition coefficient (Wildman–Crippen LogP) is -0.621. The molecule has 4 heteroatoms. The van der Waals surface area contributed by atoms with Gasteiger partial charge in [-0.3, -0.25) is 9.59 Å². The van der Waals surface area contributed by atoms with Crippen molar-refractivity contribution in [3.63, 3.8) is 0 Å². The van der Waals surface area contributed by atoms with Crippen LogP contribution in [0.3, 0.4) is 0 Å². The fourth-order valence-electron chi connectivity index (χ4n) is 0.348. The first kappa shape index (κ1) is 8.10. The van der Waals surface area contributed by atoms with Crippen molar-refractivity contribution in [2.24, 2.45) is 5.73 Å². The molecule has 0 heterocycles. The summed E-state index contributed by atoms with van der Waals surface area (Å²) in [5, 5.41) is 8.06. The zero-order valence-corrected chi connectivity index (χ0v) is 4.96. The highest BCUT2D eigenvalue weighted by atomic mass is 16.5. The second-order valence-electron chi connectivity index (χ2n) is 1.64. The van der Waals surface area contributed by atoms with Crippen LogP contribution in [0, 0.1) is 0 Å². The van der Waals surface area contributed by atoms with Gasteiger partial charge in [-0.2, -0.15) is 0 Å². The van der Waals surface area contributed by atoms with Crippen LogP contribution in [-0.4, -0.2) is 23.4 Å². The van der Waals surface area contributed by atoms with Crippen molar-refractivity contribution in [2.45, 2.75) is 12.8 Å². The molecule has 0 aromatic rings. The largest absolute Gasteiger partial charge is 0.481 e. The SMILES string of the molecule is NCC(=O)C[13CH2][13C](=O)O. The maximum Gasteiger partial charge on any atom is 0.303 e. The highest BCUT2D eigenvalue weighted by Gasteiger charge is 2.01. The molecule has 3 N–H and O–H groups in total. The lowest BCUT2D eigenvalue weighted by molar-refractivity contribution is -0.138. The Hall–Kier alpha value is -0.900. The molecule has 0 rings (SSSR count). The van der Waals surface area contributed by atoms with E-state index in [1.165, 1.54) is 0 Å². The summed E-state index contributed by atoms with van der Waals surface area (Å²) in [6.07, 6.45) is -0.0676. The second kappa shape index (κ2) is 4.03. The van der Waals surface area contributed by atoms with E-state index in [4.69, 9.17) is 10.8 Å². The van der Waals surface area contributed by atoms with E-state index in [1.54, 1.807) is 0 Å². The number of hydrogen-bond donors (Lipinski definition) is 2. The zero-order valence-electron chi connectivity index (χ0n) is 4.96. The van der Waals surface area contributed by atoms with Gasteiger partial charge in [-0.1, -0.05) is 0 Å². The van der Waals surface area contributed by atoms with E-state index in [0.717, 1.165) is 0 Å². The molecule has 9 heavy (non-hydrogen) atoms. The van der Waals surface area contributed by atoms with Crippen LogP contribution in [0.5, 0.6) is 0 Å². The van der Waals surface area contributed by atoms with Gasteiger partial charge in [-0.25, -0.2) is 0 Å². The van der Waals surface area contributed by atoms with Crippen molar-refractivity contribution in [1.82, 2.24) is 0 Å².